The van der Waals surface area contributed by atoms with Crippen molar-refractivity contribution in [3.05, 3.63) is 11.6 Å². The van der Waals surface area contributed by atoms with Gasteiger partial charge in [0.1, 0.15) is 0 Å². The molecule has 1 atom stereocenters. The fraction of sp³-hybridized carbons (Fsp3) is 0.750. The molecule has 0 spiro atoms. The molecule has 3 nitrogen and oxygen atoms in total. The van der Waals surface area contributed by atoms with Gasteiger partial charge in [0.25, 0.3) is 0 Å². The molecule has 1 N–H and O–H groups in total. The maximum Gasteiger partial charge on any atom is 0.224 e. The summed E-state index contributed by atoms with van der Waals surface area (Å²) in [5, 5.41) is 3.37. The molecule has 0 radical (unpaired) electrons. The number of hydrogen-bond donors (Lipinski definition) is 1. The Hall–Kier alpha value is -0.830. The van der Waals surface area contributed by atoms with Crippen LogP contribution in [0.2, 0.25) is 0 Å². The minimum Gasteiger partial charge on any atom is -0.339 e. The van der Waals surface area contributed by atoms with E-state index in [1.54, 1.807) is 0 Å². The summed E-state index contributed by atoms with van der Waals surface area (Å²) < 4.78 is 0. The lowest BCUT2D eigenvalue weighted by molar-refractivity contribution is -0.131. The number of rotatable bonds is 2. The molecule has 1 amide bonds. The van der Waals surface area contributed by atoms with Crippen LogP contribution in [0.25, 0.3) is 0 Å². The molecular formula is C12H20N2O. The fourth-order valence-electron chi connectivity index (χ4n) is 2.27. The molecule has 15 heavy (non-hydrogen) atoms. The van der Waals surface area contributed by atoms with Crippen molar-refractivity contribution in [2.45, 2.75) is 38.6 Å². The van der Waals surface area contributed by atoms with Crippen molar-refractivity contribution >= 4 is 5.91 Å². The van der Waals surface area contributed by atoms with Gasteiger partial charge in [0.15, 0.2) is 0 Å². The summed E-state index contributed by atoms with van der Waals surface area (Å²) in [6, 6.07) is 0.435. The number of nitrogens with one attached hydrogen (secondary N) is 1. The van der Waals surface area contributed by atoms with Crippen molar-refractivity contribution < 1.29 is 4.79 Å². The van der Waals surface area contributed by atoms with Gasteiger partial charge in [-0.15, -0.1) is 0 Å². The summed E-state index contributed by atoms with van der Waals surface area (Å²) in [4.78, 5) is 13.9. The van der Waals surface area contributed by atoms with Crippen molar-refractivity contribution in [1.82, 2.24) is 10.2 Å². The van der Waals surface area contributed by atoms with Gasteiger partial charge in [-0.1, -0.05) is 11.6 Å². The molecule has 1 fully saturated rings. The monoisotopic (exact) mass is 208 g/mol. The summed E-state index contributed by atoms with van der Waals surface area (Å²) in [6.07, 6.45) is 6.28. The van der Waals surface area contributed by atoms with Crippen LogP contribution in [0.1, 0.15) is 32.6 Å². The topological polar surface area (TPSA) is 32.3 Å². The highest BCUT2D eigenvalue weighted by atomic mass is 16.2. The molecule has 0 aromatic carbocycles. The Morgan fingerprint density at radius 3 is 3.13 bits per heavy atom. The van der Waals surface area contributed by atoms with Crippen LogP contribution in [0.4, 0.5) is 0 Å². The highest BCUT2D eigenvalue weighted by Crippen LogP contribution is 2.14. The summed E-state index contributed by atoms with van der Waals surface area (Å²) in [5.74, 6) is 0.318. The number of amides is 1. The predicted octanol–water partition coefficient (Wildman–Crippen LogP) is 1.31. The standard InChI is InChI=1S/C12H20N2O/c1-10-4-7-14(8-5-10)12(15)9-11-3-2-6-13-11/h4,11,13H,2-3,5-9H2,1H3. The Labute approximate surface area is 91.5 Å². The first-order valence-corrected chi connectivity index (χ1v) is 5.92. The quantitative estimate of drug-likeness (QED) is 0.694. The second-order valence-electron chi connectivity index (χ2n) is 4.64. The van der Waals surface area contributed by atoms with E-state index in [0.29, 0.717) is 18.4 Å². The zero-order chi connectivity index (χ0) is 10.7. The van der Waals surface area contributed by atoms with Gasteiger partial charge in [0.2, 0.25) is 5.91 Å². The third kappa shape index (κ3) is 2.81. The lowest BCUT2D eigenvalue weighted by atomic mass is 10.1. The van der Waals surface area contributed by atoms with Crippen LogP contribution in [0.5, 0.6) is 0 Å². The van der Waals surface area contributed by atoms with Gasteiger partial charge in [-0.3, -0.25) is 4.79 Å². The van der Waals surface area contributed by atoms with Gasteiger partial charge >= 0.3 is 0 Å². The van der Waals surface area contributed by atoms with Gasteiger partial charge in [-0.05, 0) is 32.7 Å². The van der Waals surface area contributed by atoms with Crippen molar-refractivity contribution in [2.75, 3.05) is 19.6 Å². The normalized spacial score (nSPS) is 26.6. The van der Waals surface area contributed by atoms with E-state index in [0.717, 1.165) is 32.5 Å². The average molecular weight is 208 g/mol. The number of hydrogen-bond acceptors (Lipinski definition) is 2. The summed E-state index contributed by atoms with van der Waals surface area (Å²) >= 11 is 0. The lowest BCUT2D eigenvalue weighted by Gasteiger charge is -2.26. The Bertz CT molecular complexity index is 267. The van der Waals surface area contributed by atoms with Gasteiger partial charge in [-0.2, -0.15) is 0 Å². The van der Waals surface area contributed by atoms with Crippen molar-refractivity contribution in [2.24, 2.45) is 0 Å². The van der Waals surface area contributed by atoms with Gasteiger partial charge < -0.3 is 10.2 Å². The Morgan fingerprint density at radius 2 is 2.53 bits per heavy atom. The van der Waals surface area contributed by atoms with E-state index in [4.69, 9.17) is 0 Å². The minimum absolute atomic E-state index is 0.318. The molecule has 0 aliphatic carbocycles. The number of carbonyl (C=O) groups is 1. The molecule has 2 rings (SSSR count). The lowest BCUT2D eigenvalue weighted by Crippen LogP contribution is -2.38. The molecule has 0 saturated carbocycles. The predicted molar refractivity (Wildman–Crippen MR) is 60.6 cm³/mol. The minimum atomic E-state index is 0.318. The van der Waals surface area contributed by atoms with Crippen LogP contribution in [0.15, 0.2) is 11.6 Å². The highest BCUT2D eigenvalue weighted by Gasteiger charge is 2.22. The molecule has 0 aromatic heterocycles. The molecule has 3 heteroatoms. The average Bonchev–Trinajstić information content (AvgIpc) is 2.71. The van der Waals surface area contributed by atoms with E-state index in [1.165, 1.54) is 12.0 Å². The zero-order valence-corrected chi connectivity index (χ0v) is 9.46. The van der Waals surface area contributed by atoms with E-state index in [-0.39, 0.29) is 0 Å². The van der Waals surface area contributed by atoms with Crippen LogP contribution in [0, 0.1) is 0 Å². The largest absolute Gasteiger partial charge is 0.339 e. The van der Waals surface area contributed by atoms with E-state index >= 15 is 0 Å². The smallest absolute Gasteiger partial charge is 0.224 e. The first kappa shape index (κ1) is 10.7. The van der Waals surface area contributed by atoms with Crippen molar-refractivity contribution in [3.63, 3.8) is 0 Å². The summed E-state index contributed by atoms with van der Waals surface area (Å²) in [6.45, 7) is 4.95. The van der Waals surface area contributed by atoms with E-state index in [1.807, 2.05) is 4.90 Å². The molecule has 1 saturated heterocycles. The summed E-state index contributed by atoms with van der Waals surface area (Å²) in [7, 11) is 0. The number of carbonyl (C=O) groups excluding carboxylic acids is 1. The van der Waals surface area contributed by atoms with Crippen LogP contribution >= 0.6 is 0 Å². The first-order chi connectivity index (χ1) is 7.25. The molecule has 84 valence electrons. The third-order valence-electron chi connectivity index (χ3n) is 3.37. The van der Waals surface area contributed by atoms with E-state index < -0.39 is 0 Å². The first-order valence-electron chi connectivity index (χ1n) is 5.92. The van der Waals surface area contributed by atoms with Crippen molar-refractivity contribution in [3.8, 4) is 0 Å². The van der Waals surface area contributed by atoms with E-state index in [2.05, 4.69) is 18.3 Å². The van der Waals surface area contributed by atoms with Crippen LogP contribution in [-0.2, 0) is 4.79 Å². The molecular weight excluding hydrogens is 188 g/mol. The SMILES string of the molecule is CC1=CCN(C(=O)CC2CCCN2)CC1. The van der Waals surface area contributed by atoms with Crippen LogP contribution in [0.3, 0.4) is 0 Å². The third-order valence-corrected chi connectivity index (χ3v) is 3.37. The van der Waals surface area contributed by atoms with Gasteiger partial charge in [-0.25, -0.2) is 0 Å². The highest BCUT2D eigenvalue weighted by molar-refractivity contribution is 5.77. The Balaban J connectivity index is 1.80. The zero-order valence-electron chi connectivity index (χ0n) is 9.46. The van der Waals surface area contributed by atoms with E-state index in [9.17, 15) is 4.79 Å². The van der Waals surface area contributed by atoms with Crippen LogP contribution in [-0.4, -0.2) is 36.5 Å². The second kappa shape index (κ2) is 4.79. The van der Waals surface area contributed by atoms with Gasteiger partial charge in [0, 0.05) is 25.6 Å². The Morgan fingerprint density at radius 1 is 1.67 bits per heavy atom. The summed E-state index contributed by atoms with van der Waals surface area (Å²) in [5.41, 5.74) is 1.41. The fourth-order valence-corrected chi connectivity index (χ4v) is 2.27. The molecule has 0 bridgehead atoms. The maximum atomic E-state index is 11.9. The van der Waals surface area contributed by atoms with Gasteiger partial charge in [0.05, 0.1) is 0 Å². The maximum absolute atomic E-state index is 11.9. The second-order valence-corrected chi connectivity index (χ2v) is 4.64. The molecule has 2 aliphatic rings. The molecule has 0 aromatic rings. The molecule has 2 heterocycles. The molecule has 2 aliphatic heterocycles. The van der Waals surface area contributed by atoms with Crippen molar-refractivity contribution in [1.29, 1.82) is 0 Å². The van der Waals surface area contributed by atoms with Crippen LogP contribution < -0.4 is 5.32 Å². The Kier molecular flexibility index (Phi) is 3.41. The molecule has 1 unspecified atom stereocenters. The number of nitrogens with zero attached hydrogens (tertiary/aromatic N) is 1.